The van der Waals surface area contributed by atoms with Crippen LogP contribution in [0, 0.1) is 5.92 Å². The molecule has 9 heteroatoms. The van der Waals surface area contributed by atoms with E-state index < -0.39 is 11.9 Å². The number of carbonyl (C=O) groups is 3. The Labute approximate surface area is 150 Å². The highest BCUT2D eigenvalue weighted by Gasteiger charge is 2.51. The van der Waals surface area contributed by atoms with Gasteiger partial charge in [0.05, 0.1) is 26.5 Å². The second kappa shape index (κ2) is 7.12. The van der Waals surface area contributed by atoms with E-state index in [1.165, 1.54) is 18.2 Å². The highest BCUT2D eigenvalue weighted by molar-refractivity contribution is 6.19. The molecule has 138 valence electrons. The zero-order valence-corrected chi connectivity index (χ0v) is 14.9. The Morgan fingerprint density at radius 1 is 1.35 bits per heavy atom. The molecule has 0 bridgehead atoms. The predicted molar refractivity (Wildman–Crippen MR) is 90.1 cm³/mol. The fraction of sp³-hybridized carbons (Fsp3) is 0.412. The Morgan fingerprint density at radius 3 is 2.77 bits per heavy atom. The molecular formula is C17H21N4O5+. The topological polar surface area (TPSA) is 95.1 Å². The van der Waals surface area contributed by atoms with Crippen LogP contribution in [0.25, 0.3) is 0 Å². The van der Waals surface area contributed by atoms with Gasteiger partial charge in [0.2, 0.25) is 0 Å². The van der Waals surface area contributed by atoms with Gasteiger partial charge in [0.1, 0.15) is 12.3 Å². The lowest BCUT2D eigenvalue weighted by molar-refractivity contribution is -0.476. The van der Waals surface area contributed by atoms with Crippen LogP contribution in [0.15, 0.2) is 34.6 Å². The molecule has 0 saturated carbocycles. The van der Waals surface area contributed by atoms with E-state index in [-0.39, 0.29) is 18.4 Å². The van der Waals surface area contributed by atoms with Crippen molar-refractivity contribution in [2.45, 2.75) is 6.54 Å². The molecule has 2 aliphatic rings. The molecule has 0 spiro atoms. The summed E-state index contributed by atoms with van der Waals surface area (Å²) in [6, 6.07) is 3.06. The lowest BCUT2D eigenvalue weighted by Crippen LogP contribution is -2.57. The number of urea groups is 1. The molecule has 26 heavy (non-hydrogen) atoms. The van der Waals surface area contributed by atoms with Crippen LogP contribution in [0.3, 0.4) is 0 Å². The number of amidine groups is 1. The van der Waals surface area contributed by atoms with Gasteiger partial charge in [0.25, 0.3) is 17.6 Å². The maximum atomic E-state index is 12.7. The van der Waals surface area contributed by atoms with Crippen LogP contribution >= 0.6 is 0 Å². The number of furan rings is 1. The summed E-state index contributed by atoms with van der Waals surface area (Å²) in [6.07, 6.45) is 3.12. The molecule has 1 saturated heterocycles. The Bertz CT molecular complexity index is 796. The van der Waals surface area contributed by atoms with Crippen LogP contribution in [0.2, 0.25) is 0 Å². The van der Waals surface area contributed by atoms with Gasteiger partial charge in [0.15, 0.2) is 11.6 Å². The smallest absolute Gasteiger partial charge is 0.417 e. The van der Waals surface area contributed by atoms with Gasteiger partial charge in [-0.25, -0.2) is 14.3 Å². The number of nitrogens with zero attached hydrogens (tertiary/aromatic N) is 3. The minimum Gasteiger partial charge on any atom is -0.467 e. The molecule has 1 fully saturated rings. The van der Waals surface area contributed by atoms with Crippen molar-refractivity contribution in [2.75, 3.05) is 34.4 Å². The second-order valence-corrected chi connectivity index (χ2v) is 6.03. The zero-order valence-electron chi connectivity index (χ0n) is 14.9. The normalized spacial score (nSPS) is 19.8. The van der Waals surface area contributed by atoms with Crippen molar-refractivity contribution in [3.05, 3.63) is 35.9 Å². The molecule has 9 nitrogen and oxygen atoms in total. The minimum absolute atomic E-state index is 0.226. The van der Waals surface area contributed by atoms with Crippen LogP contribution in [0.5, 0.6) is 0 Å². The van der Waals surface area contributed by atoms with E-state index in [4.69, 9.17) is 9.15 Å². The molecule has 4 amide bonds. The number of hydrogen-bond acceptors (Lipinski definition) is 5. The first-order valence-electron chi connectivity index (χ1n) is 8.16. The average molecular weight is 361 g/mol. The van der Waals surface area contributed by atoms with Crippen molar-refractivity contribution in [1.82, 2.24) is 15.1 Å². The van der Waals surface area contributed by atoms with Crippen LogP contribution < -0.4 is 5.32 Å². The quantitative estimate of drug-likeness (QED) is 0.719. The molecular weight excluding hydrogens is 340 g/mol. The van der Waals surface area contributed by atoms with Gasteiger partial charge in [0, 0.05) is 14.2 Å². The molecule has 1 aromatic heterocycles. The van der Waals surface area contributed by atoms with Gasteiger partial charge in [-0.15, -0.1) is 0 Å². The first-order valence-corrected chi connectivity index (χ1v) is 8.16. The molecule has 1 atom stereocenters. The fourth-order valence-electron chi connectivity index (χ4n) is 3.10. The van der Waals surface area contributed by atoms with E-state index in [9.17, 15) is 14.4 Å². The molecule has 1 N–H and O–H groups in total. The summed E-state index contributed by atoms with van der Waals surface area (Å²) in [5, 5.41) is 2.77. The van der Waals surface area contributed by atoms with Crippen molar-refractivity contribution in [1.29, 1.82) is 0 Å². The molecule has 0 aliphatic carbocycles. The monoisotopic (exact) mass is 361 g/mol. The Hall–Kier alpha value is -2.94. The number of imide groups is 1. The lowest BCUT2D eigenvalue weighted by Gasteiger charge is -2.27. The van der Waals surface area contributed by atoms with Gasteiger partial charge in [-0.2, -0.15) is 4.90 Å². The molecule has 0 radical (unpaired) electrons. The lowest BCUT2D eigenvalue weighted by atomic mass is 10.0. The Balaban J connectivity index is 1.90. The number of nitrogens with one attached hydrogen (secondary N) is 1. The Morgan fingerprint density at radius 2 is 2.12 bits per heavy atom. The first-order chi connectivity index (χ1) is 12.5. The first kappa shape index (κ1) is 17.9. The summed E-state index contributed by atoms with van der Waals surface area (Å²) in [4.78, 5) is 39.9. The standard InChI is InChI=1S/C17H20N4O5/c1-19-15-12(16(23)20(2)17(19)24)9-13(21(15)6-8-25-3)14(22)18-10-11-5-4-7-26-11/h4-5,7,9,12H,6,8,10H2,1-3H3/p+1. The molecule has 1 aromatic rings. The van der Waals surface area contributed by atoms with Crippen molar-refractivity contribution < 1.29 is 28.1 Å². The SMILES string of the molecule is COCC[N+]1=C2C(C=C1C(=O)NCc1ccco1)C(=O)N(C)C(=O)N2C. The van der Waals surface area contributed by atoms with Crippen LogP contribution in [-0.4, -0.2) is 72.4 Å². The number of ether oxygens (including phenoxy) is 1. The summed E-state index contributed by atoms with van der Waals surface area (Å²) in [5.41, 5.74) is 0.317. The maximum Gasteiger partial charge on any atom is 0.417 e. The number of rotatable bonds is 6. The van der Waals surface area contributed by atoms with E-state index >= 15 is 0 Å². The second-order valence-electron chi connectivity index (χ2n) is 6.03. The van der Waals surface area contributed by atoms with E-state index in [0.717, 1.165) is 4.90 Å². The zero-order chi connectivity index (χ0) is 18.8. The van der Waals surface area contributed by atoms with E-state index in [0.29, 0.717) is 30.4 Å². The number of amides is 4. The summed E-state index contributed by atoms with van der Waals surface area (Å²) in [7, 11) is 4.57. The average Bonchev–Trinajstić information content (AvgIpc) is 3.28. The third-order valence-corrected chi connectivity index (χ3v) is 4.44. The number of carbonyl (C=O) groups excluding carboxylic acids is 3. The van der Waals surface area contributed by atoms with Crippen molar-refractivity contribution in [3.63, 3.8) is 0 Å². The number of hydrogen-bond donors (Lipinski definition) is 1. The third-order valence-electron chi connectivity index (χ3n) is 4.44. The molecule has 3 heterocycles. The van der Waals surface area contributed by atoms with Gasteiger partial charge in [-0.1, -0.05) is 0 Å². The predicted octanol–water partition coefficient (Wildman–Crippen LogP) is -0.00930. The van der Waals surface area contributed by atoms with Gasteiger partial charge >= 0.3 is 6.03 Å². The number of fused-ring (bicyclic) bond motifs is 1. The van der Waals surface area contributed by atoms with E-state index in [2.05, 4.69) is 5.32 Å². The van der Waals surface area contributed by atoms with Crippen LogP contribution in [0.1, 0.15) is 5.76 Å². The van der Waals surface area contributed by atoms with Crippen molar-refractivity contribution in [3.8, 4) is 0 Å². The summed E-state index contributed by atoms with van der Waals surface area (Å²) >= 11 is 0. The van der Waals surface area contributed by atoms with Crippen molar-refractivity contribution >= 4 is 23.7 Å². The van der Waals surface area contributed by atoms with Crippen LogP contribution in [-0.2, 0) is 20.9 Å². The van der Waals surface area contributed by atoms with Gasteiger partial charge in [-0.3, -0.25) is 9.59 Å². The molecule has 2 aliphatic heterocycles. The highest BCUT2D eigenvalue weighted by Crippen LogP contribution is 2.25. The molecule has 3 rings (SSSR count). The molecule has 1 unspecified atom stereocenters. The van der Waals surface area contributed by atoms with Crippen molar-refractivity contribution in [2.24, 2.45) is 5.92 Å². The number of methoxy groups -OCH3 is 1. The summed E-state index contributed by atoms with van der Waals surface area (Å²) in [6.45, 7) is 0.909. The summed E-state index contributed by atoms with van der Waals surface area (Å²) < 4.78 is 12.0. The Kier molecular flexibility index (Phi) is 4.90. The van der Waals surface area contributed by atoms with Crippen LogP contribution in [0.4, 0.5) is 4.79 Å². The molecule has 0 aromatic carbocycles. The largest absolute Gasteiger partial charge is 0.467 e. The highest BCUT2D eigenvalue weighted by atomic mass is 16.5. The minimum atomic E-state index is -0.677. The fourth-order valence-corrected chi connectivity index (χ4v) is 3.10. The van der Waals surface area contributed by atoms with E-state index in [1.54, 1.807) is 36.9 Å². The third kappa shape index (κ3) is 3.01. The maximum absolute atomic E-state index is 12.7. The van der Waals surface area contributed by atoms with E-state index in [1.807, 2.05) is 0 Å². The van der Waals surface area contributed by atoms with Gasteiger partial charge < -0.3 is 14.5 Å². The summed E-state index contributed by atoms with van der Waals surface area (Å²) in [5.74, 6) is -0.300. The van der Waals surface area contributed by atoms with Gasteiger partial charge in [-0.05, 0) is 18.2 Å².